The SMILES string of the molecule is COC(=O)C1=C(C)NC2=C(C(=O)CC(C)(C)C2)C1c1cccc(Br)c1. The van der Waals surface area contributed by atoms with E-state index in [2.05, 4.69) is 35.1 Å². The topological polar surface area (TPSA) is 55.4 Å². The molecular weight excluding hydrogens is 382 g/mol. The lowest BCUT2D eigenvalue weighted by atomic mass is 9.68. The molecule has 1 unspecified atom stereocenters. The molecule has 5 heteroatoms. The van der Waals surface area contributed by atoms with Gasteiger partial charge in [-0.25, -0.2) is 4.79 Å². The van der Waals surface area contributed by atoms with Crippen molar-refractivity contribution in [3.05, 3.63) is 56.8 Å². The summed E-state index contributed by atoms with van der Waals surface area (Å²) in [5.74, 6) is -0.707. The summed E-state index contributed by atoms with van der Waals surface area (Å²) in [6.07, 6.45) is 1.26. The number of hydrogen-bond donors (Lipinski definition) is 1. The molecule has 1 aliphatic heterocycles. The van der Waals surface area contributed by atoms with Gasteiger partial charge in [-0.15, -0.1) is 0 Å². The predicted octanol–water partition coefficient (Wildman–Crippen LogP) is 4.23. The average Bonchev–Trinajstić information content (AvgIpc) is 2.51. The molecule has 3 rings (SSSR count). The Labute approximate surface area is 156 Å². The van der Waals surface area contributed by atoms with E-state index in [1.807, 2.05) is 31.2 Å². The molecule has 1 atom stereocenters. The highest BCUT2D eigenvalue weighted by Gasteiger charge is 2.42. The van der Waals surface area contributed by atoms with Gasteiger partial charge in [0.1, 0.15) is 0 Å². The van der Waals surface area contributed by atoms with Gasteiger partial charge >= 0.3 is 5.97 Å². The second-order valence-electron chi connectivity index (χ2n) is 7.48. The minimum absolute atomic E-state index is 0.0895. The van der Waals surface area contributed by atoms with Crippen LogP contribution in [0.2, 0.25) is 0 Å². The van der Waals surface area contributed by atoms with E-state index >= 15 is 0 Å². The largest absolute Gasteiger partial charge is 0.466 e. The number of halogens is 1. The van der Waals surface area contributed by atoms with Gasteiger partial charge in [0, 0.05) is 33.8 Å². The Kier molecular flexibility index (Phi) is 4.62. The van der Waals surface area contributed by atoms with Gasteiger partial charge < -0.3 is 10.1 Å². The number of carbonyl (C=O) groups excluding carboxylic acids is 2. The first kappa shape index (κ1) is 17.9. The van der Waals surface area contributed by atoms with E-state index in [-0.39, 0.29) is 11.2 Å². The fourth-order valence-corrected chi connectivity index (χ4v) is 4.25. The summed E-state index contributed by atoms with van der Waals surface area (Å²) < 4.78 is 5.93. The van der Waals surface area contributed by atoms with Crippen LogP contribution in [-0.2, 0) is 14.3 Å². The molecule has 0 fully saturated rings. The molecule has 0 radical (unpaired) electrons. The minimum atomic E-state index is -0.404. The lowest BCUT2D eigenvalue weighted by molar-refractivity contribution is -0.136. The van der Waals surface area contributed by atoms with Gasteiger partial charge in [-0.3, -0.25) is 4.79 Å². The zero-order chi connectivity index (χ0) is 18.4. The lowest BCUT2D eigenvalue weighted by Gasteiger charge is -2.39. The lowest BCUT2D eigenvalue weighted by Crippen LogP contribution is -2.38. The number of nitrogens with one attached hydrogen (secondary N) is 1. The van der Waals surface area contributed by atoms with Crippen molar-refractivity contribution in [1.29, 1.82) is 0 Å². The maximum atomic E-state index is 13.0. The van der Waals surface area contributed by atoms with E-state index in [1.54, 1.807) is 0 Å². The Morgan fingerprint density at radius 2 is 2.04 bits per heavy atom. The summed E-state index contributed by atoms with van der Waals surface area (Å²) in [6.45, 7) is 6.06. The van der Waals surface area contributed by atoms with Gasteiger partial charge in [-0.2, -0.15) is 0 Å². The van der Waals surface area contributed by atoms with Gasteiger partial charge in [-0.05, 0) is 36.5 Å². The van der Waals surface area contributed by atoms with Gasteiger partial charge in [-0.1, -0.05) is 41.9 Å². The monoisotopic (exact) mass is 403 g/mol. The number of ether oxygens (including phenoxy) is 1. The van der Waals surface area contributed by atoms with Crippen LogP contribution >= 0.6 is 15.9 Å². The van der Waals surface area contributed by atoms with Crippen LogP contribution in [0.15, 0.2) is 51.3 Å². The maximum Gasteiger partial charge on any atom is 0.336 e. The smallest absolute Gasteiger partial charge is 0.336 e. The number of dihydropyridines is 1. The van der Waals surface area contributed by atoms with Crippen molar-refractivity contribution in [2.24, 2.45) is 5.41 Å². The number of carbonyl (C=O) groups is 2. The summed E-state index contributed by atoms with van der Waals surface area (Å²) in [4.78, 5) is 25.5. The van der Waals surface area contributed by atoms with Crippen LogP contribution in [0.5, 0.6) is 0 Å². The van der Waals surface area contributed by atoms with Crippen LogP contribution < -0.4 is 5.32 Å². The highest BCUT2D eigenvalue weighted by molar-refractivity contribution is 9.10. The molecule has 0 saturated heterocycles. The van der Waals surface area contributed by atoms with Crippen molar-refractivity contribution in [2.45, 2.75) is 39.5 Å². The zero-order valence-electron chi connectivity index (χ0n) is 14.9. The first-order chi connectivity index (χ1) is 11.7. The molecule has 1 aliphatic carbocycles. The third-order valence-corrected chi connectivity index (χ3v) is 5.32. The number of Topliss-reactive ketones (excluding diaryl/α,β-unsaturated/α-hetero) is 1. The number of ketones is 1. The van der Waals surface area contributed by atoms with Crippen molar-refractivity contribution >= 4 is 27.7 Å². The third kappa shape index (κ3) is 3.30. The summed E-state index contributed by atoms with van der Waals surface area (Å²) in [5, 5.41) is 3.31. The van der Waals surface area contributed by atoms with E-state index in [0.717, 1.165) is 27.9 Å². The first-order valence-electron chi connectivity index (χ1n) is 8.31. The van der Waals surface area contributed by atoms with Crippen LogP contribution in [0.3, 0.4) is 0 Å². The quantitative estimate of drug-likeness (QED) is 0.750. The van der Waals surface area contributed by atoms with Gasteiger partial charge in [0.15, 0.2) is 5.78 Å². The molecule has 1 aromatic carbocycles. The fraction of sp³-hybridized carbons (Fsp3) is 0.400. The van der Waals surface area contributed by atoms with Crippen LogP contribution in [0, 0.1) is 5.41 Å². The Morgan fingerprint density at radius 3 is 2.68 bits per heavy atom. The van der Waals surface area contributed by atoms with Crippen molar-refractivity contribution in [2.75, 3.05) is 7.11 Å². The third-order valence-electron chi connectivity index (χ3n) is 4.83. The molecule has 0 spiro atoms. The number of methoxy groups -OCH3 is 1. The van der Waals surface area contributed by atoms with Crippen LogP contribution in [0.25, 0.3) is 0 Å². The molecule has 25 heavy (non-hydrogen) atoms. The van der Waals surface area contributed by atoms with Crippen molar-refractivity contribution in [1.82, 2.24) is 5.32 Å². The van der Waals surface area contributed by atoms with Crippen LogP contribution in [0.4, 0.5) is 0 Å². The standard InChI is InChI=1S/C20H22BrNO3/c1-11-16(19(24)25-4)17(12-6-5-7-13(21)8-12)18-14(22-11)9-20(2,3)10-15(18)23/h5-8,17,22H,9-10H2,1-4H3. The minimum Gasteiger partial charge on any atom is -0.466 e. The number of allylic oxidation sites excluding steroid dienone is 3. The molecule has 0 saturated carbocycles. The Morgan fingerprint density at radius 1 is 1.32 bits per heavy atom. The number of rotatable bonds is 2. The molecular formula is C20H22BrNO3. The van der Waals surface area contributed by atoms with E-state index in [4.69, 9.17) is 4.74 Å². The van der Waals surface area contributed by atoms with E-state index in [9.17, 15) is 9.59 Å². The number of esters is 1. The maximum absolute atomic E-state index is 13.0. The Hall–Kier alpha value is -1.88. The first-order valence-corrected chi connectivity index (χ1v) is 9.10. The summed E-state index contributed by atoms with van der Waals surface area (Å²) in [5.41, 5.74) is 3.71. The number of hydrogen-bond acceptors (Lipinski definition) is 4. The second-order valence-corrected chi connectivity index (χ2v) is 8.39. The van der Waals surface area contributed by atoms with Crippen molar-refractivity contribution in [3.63, 3.8) is 0 Å². The highest BCUT2D eigenvalue weighted by Crippen LogP contribution is 2.46. The summed E-state index contributed by atoms with van der Waals surface area (Å²) in [6, 6.07) is 7.77. The molecule has 1 aromatic rings. The summed E-state index contributed by atoms with van der Waals surface area (Å²) in [7, 11) is 1.37. The molecule has 1 heterocycles. The van der Waals surface area contributed by atoms with Gasteiger partial charge in [0.2, 0.25) is 0 Å². The zero-order valence-corrected chi connectivity index (χ0v) is 16.5. The predicted molar refractivity (Wildman–Crippen MR) is 99.8 cm³/mol. The Bertz CT molecular complexity index is 820. The molecule has 1 N–H and O–H groups in total. The summed E-state index contributed by atoms with van der Waals surface area (Å²) >= 11 is 3.49. The molecule has 0 bridgehead atoms. The molecule has 2 aliphatic rings. The normalized spacial score (nSPS) is 22.4. The van der Waals surface area contributed by atoms with E-state index in [0.29, 0.717) is 17.6 Å². The molecule has 0 amide bonds. The number of benzene rings is 1. The van der Waals surface area contributed by atoms with Gasteiger partial charge in [0.25, 0.3) is 0 Å². The molecule has 132 valence electrons. The van der Waals surface area contributed by atoms with Crippen LogP contribution in [-0.4, -0.2) is 18.9 Å². The van der Waals surface area contributed by atoms with Crippen molar-refractivity contribution < 1.29 is 14.3 Å². The van der Waals surface area contributed by atoms with E-state index < -0.39 is 11.9 Å². The molecule has 0 aromatic heterocycles. The van der Waals surface area contributed by atoms with E-state index in [1.165, 1.54) is 7.11 Å². The van der Waals surface area contributed by atoms with Gasteiger partial charge in [0.05, 0.1) is 12.7 Å². The van der Waals surface area contributed by atoms with Crippen LogP contribution in [0.1, 0.15) is 45.1 Å². The highest BCUT2D eigenvalue weighted by atomic mass is 79.9. The van der Waals surface area contributed by atoms with Crippen molar-refractivity contribution in [3.8, 4) is 0 Å². The second kappa shape index (κ2) is 6.45. The average molecular weight is 404 g/mol. The Balaban J connectivity index is 2.21. The molecule has 4 nitrogen and oxygen atoms in total. The fourth-order valence-electron chi connectivity index (χ4n) is 3.84.